The number of alkyl halides is 3. The molecule has 1 saturated carbocycles. The molecule has 1 aromatic carbocycles. The molecule has 1 unspecified atom stereocenters. The van der Waals surface area contributed by atoms with Crippen molar-refractivity contribution >= 4 is 35.1 Å². The van der Waals surface area contributed by atoms with Crippen molar-refractivity contribution in [2.75, 3.05) is 10.6 Å². The van der Waals surface area contributed by atoms with Gasteiger partial charge in [-0.15, -0.1) is 13.2 Å². The lowest BCUT2D eigenvalue weighted by molar-refractivity contribution is -0.274. The van der Waals surface area contributed by atoms with Crippen LogP contribution in [-0.4, -0.2) is 44.4 Å². The summed E-state index contributed by atoms with van der Waals surface area (Å²) in [7, 11) is 0. The standard InChI is InChI=1S/C20H18F3N7O3/c21-20(22,23)33-13-3-1-2-12(7-13)25-15-8-16(26-11-4-5-11)30-17(28-15)10(9-24-30)6-14-18(31)29-19(32)27-14/h1-3,6-9,11,18,26,31H,4-5H2,(H,25,28)(H2,27,29,32)/b14-6-. The number of aliphatic hydroxyl groups is 1. The number of hydrogen-bond acceptors (Lipinski definition) is 7. The Labute approximate surface area is 184 Å². The van der Waals surface area contributed by atoms with Gasteiger partial charge < -0.3 is 31.1 Å². The van der Waals surface area contributed by atoms with Gasteiger partial charge in [0.15, 0.2) is 11.9 Å². The summed E-state index contributed by atoms with van der Waals surface area (Å²) < 4.78 is 43.2. The zero-order valence-electron chi connectivity index (χ0n) is 16.8. The first kappa shape index (κ1) is 20.9. The molecular weight excluding hydrogens is 443 g/mol. The number of nitrogens with zero attached hydrogens (tertiary/aromatic N) is 3. The van der Waals surface area contributed by atoms with Crippen LogP contribution in [0.1, 0.15) is 18.4 Å². The molecule has 5 N–H and O–H groups in total. The molecule has 2 aromatic heterocycles. The van der Waals surface area contributed by atoms with Crippen molar-refractivity contribution in [1.29, 1.82) is 0 Å². The van der Waals surface area contributed by atoms with Crippen molar-refractivity contribution in [3.8, 4) is 5.75 Å². The first-order valence-corrected chi connectivity index (χ1v) is 9.99. The van der Waals surface area contributed by atoms with Crippen LogP contribution in [0.5, 0.6) is 5.75 Å². The van der Waals surface area contributed by atoms with Crippen LogP contribution >= 0.6 is 0 Å². The van der Waals surface area contributed by atoms with Crippen molar-refractivity contribution in [3.05, 3.63) is 47.8 Å². The predicted molar refractivity (Wildman–Crippen MR) is 112 cm³/mol. The van der Waals surface area contributed by atoms with Crippen LogP contribution in [0.15, 0.2) is 42.2 Å². The van der Waals surface area contributed by atoms with E-state index < -0.39 is 18.6 Å². The lowest BCUT2D eigenvalue weighted by Gasteiger charge is -2.13. The highest BCUT2D eigenvalue weighted by Gasteiger charge is 2.31. The molecule has 2 aliphatic rings. The molecule has 3 aromatic rings. The summed E-state index contributed by atoms with van der Waals surface area (Å²) in [5.74, 6) is 0.619. The van der Waals surface area contributed by atoms with Crippen molar-refractivity contribution in [1.82, 2.24) is 25.2 Å². The number of nitrogens with one attached hydrogen (secondary N) is 4. The summed E-state index contributed by atoms with van der Waals surface area (Å²) in [6.45, 7) is 0. The summed E-state index contributed by atoms with van der Waals surface area (Å²) in [6, 6.07) is 6.88. The summed E-state index contributed by atoms with van der Waals surface area (Å²) in [5.41, 5.74) is 1.51. The van der Waals surface area contributed by atoms with Gasteiger partial charge in [-0.3, -0.25) is 0 Å². The molecule has 33 heavy (non-hydrogen) atoms. The lowest BCUT2D eigenvalue weighted by atomic mass is 10.2. The largest absolute Gasteiger partial charge is 0.573 e. The van der Waals surface area contributed by atoms with Crippen LogP contribution in [0.4, 0.5) is 35.3 Å². The summed E-state index contributed by atoms with van der Waals surface area (Å²) >= 11 is 0. The third-order valence-electron chi connectivity index (χ3n) is 4.90. The van der Waals surface area contributed by atoms with Crippen LogP contribution in [0.3, 0.4) is 0 Å². The highest BCUT2D eigenvalue weighted by Crippen LogP contribution is 2.30. The smallest absolute Gasteiger partial charge is 0.406 e. The molecule has 3 heterocycles. The summed E-state index contributed by atoms with van der Waals surface area (Å²) in [4.78, 5) is 16.0. The third-order valence-corrected chi connectivity index (χ3v) is 4.90. The van der Waals surface area contributed by atoms with Gasteiger partial charge in [0.25, 0.3) is 0 Å². The van der Waals surface area contributed by atoms with Crippen molar-refractivity contribution < 1.29 is 27.8 Å². The van der Waals surface area contributed by atoms with Crippen molar-refractivity contribution in [2.45, 2.75) is 31.5 Å². The van der Waals surface area contributed by atoms with E-state index in [4.69, 9.17) is 0 Å². The number of hydrogen-bond donors (Lipinski definition) is 5. The minimum Gasteiger partial charge on any atom is -0.406 e. The van der Waals surface area contributed by atoms with E-state index in [2.05, 4.69) is 36.1 Å². The quantitative estimate of drug-likeness (QED) is 0.382. The highest BCUT2D eigenvalue weighted by atomic mass is 19.4. The number of benzene rings is 1. The maximum absolute atomic E-state index is 12.6. The molecule has 0 spiro atoms. The second-order valence-electron chi connectivity index (χ2n) is 7.58. The van der Waals surface area contributed by atoms with E-state index in [-0.39, 0.29) is 17.5 Å². The second-order valence-corrected chi connectivity index (χ2v) is 7.58. The fraction of sp³-hybridized carbons (Fsp3) is 0.250. The minimum absolute atomic E-state index is 0.240. The predicted octanol–water partition coefficient (Wildman–Crippen LogP) is 2.92. The molecule has 172 valence electrons. The summed E-state index contributed by atoms with van der Waals surface area (Å²) in [5, 5.41) is 25.4. The second kappa shape index (κ2) is 7.85. The maximum Gasteiger partial charge on any atom is 0.573 e. The van der Waals surface area contributed by atoms with E-state index in [1.807, 2.05) is 0 Å². The van der Waals surface area contributed by atoms with E-state index in [1.54, 1.807) is 22.7 Å². The average Bonchev–Trinajstić information content (AvgIpc) is 3.36. The molecule has 1 aliphatic heterocycles. The van der Waals surface area contributed by atoms with E-state index in [0.717, 1.165) is 12.8 Å². The summed E-state index contributed by atoms with van der Waals surface area (Å²) in [6.07, 6.45) is -0.899. The highest BCUT2D eigenvalue weighted by molar-refractivity contribution is 5.83. The van der Waals surface area contributed by atoms with Gasteiger partial charge in [0, 0.05) is 29.4 Å². The Morgan fingerprint density at radius 2 is 2.09 bits per heavy atom. The third kappa shape index (κ3) is 4.77. The number of anilines is 3. The molecule has 1 aliphatic carbocycles. The molecule has 0 radical (unpaired) electrons. The Kier molecular flexibility index (Phi) is 4.96. The van der Waals surface area contributed by atoms with Gasteiger partial charge in [-0.1, -0.05) is 6.07 Å². The monoisotopic (exact) mass is 461 g/mol. The number of carbonyl (C=O) groups excluding carboxylic acids is 1. The molecule has 13 heteroatoms. The first-order valence-electron chi connectivity index (χ1n) is 9.99. The number of halogens is 3. The van der Waals surface area contributed by atoms with Gasteiger partial charge in [-0.05, 0) is 31.1 Å². The molecule has 10 nitrogen and oxygen atoms in total. The SMILES string of the molecule is O=C1N/C(=C\c2cnn3c(NC4CC4)cc(Nc4cccc(OC(F)(F)F)c4)nc23)C(O)N1. The average molecular weight is 461 g/mol. The van der Waals surface area contributed by atoms with Gasteiger partial charge in [-0.2, -0.15) is 9.61 Å². The van der Waals surface area contributed by atoms with Crippen LogP contribution < -0.4 is 26.0 Å². The van der Waals surface area contributed by atoms with Crippen LogP contribution in [0, 0.1) is 0 Å². The zero-order valence-corrected chi connectivity index (χ0v) is 16.8. The van der Waals surface area contributed by atoms with E-state index >= 15 is 0 Å². The van der Waals surface area contributed by atoms with Gasteiger partial charge in [0.1, 0.15) is 17.4 Å². The Balaban J connectivity index is 1.50. The van der Waals surface area contributed by atoms with Gasteiger partial charge in [0.2, 0.25) is 0 Å². The van der Waals surface area contributed by atoms with Gasteiger partial charge in [-0.25, -0.2) is 9.78 Å². The van der Waals surface area contributed by atoms with Crippen molar-refractivity contribution in [3.63, 3.8) is 0 Å². The number of rotatable bonds is 6. The molecule has 0 bridgehead atoms. The number of aliphatic hydroxyl groups excluding tert-OH is 1. The Morgan fingerprint density at radius 3 is 2.79 bits per heavy atom. The number of amides is 2. The van der Waals surface area contributed by atoms with Crippen LogP contribution in [-0.2, 0) is 0 Å². The molecule has 5 rings (SSSR count). The number of carbonyl (C=O) groups is 1. The number of ether oxygens (including phenoxy) is 1. The van der Waals surface area contributed by atoms with Crippen LogP contribution in [0.25, 0.3) is 11.7 Å². The number of urea groups is 1. The van der Waals surface area contributed by atoms with E-state index in [9.17, 15) is 23.1 Å². The van der Waals surface area contributed by atoms with Gasteiger partial charge >= 0.3 is 12.4 Å². The minimum atomic E-state index is -4.80. The Bertz CT molecular complexity index is 1250. The normalized spacial score (nSPS) is 19.5. The lowest BCUT2D eigenvalue weighted by Crippen LogP contribution is -2.25. The number of aromatic nitrogens is 3. The number of fused-ring (bicyclic) bond motifs is 1. The fourth-order valence-corrected chi connectivity index (χ4v) is 3.32. The molecule has 1 saturated heterocycles. The topological polar surface area (TPSA) is 125 Å². The molecular formula is C20H18F3N7O3. The van der Waals surface area contributed by atoms with Crippen molar-refractivity contribution in [2.24, 2.45) is 0 Å². The zero-order chi connectivity index (χ0) is 23.2. The molecule has 2 fully saturated rings. The fourth-order valence-electron chi connectivity index (χ4n) is 3.32. The molecule has 1 atom stereocenters. The van der Waals surface area contributed by atoms with E-state index in [0.29, 0.717) is 28.5 Å². The molecule has 2 amide bonds. The Morgan fingerprint density at radius 1 is 1.27 bits per heavy atom. The van der Waals surface area contributed by atoms with Crippen LogP contribution in [0.2, 0.25) is 0 Å². The Hall–Kier alpha value is -4.00. The first-order chi connectivity index (χ1) is 15.7. The van der Waals surface area contributed by atoms with Gasteiger partial charge in [0.05, 0.1) is 11.9 Å². The maximum atomic E-state index is 12.6. The van der Waals surface area contributed by atoms with E-state index in [1.165, 1.54) is 24.4 Å².